The maximum absolute atomic E-state index is 5.21. The number of hydrogen-bond donors (Lipinski definition) is 1. The van der Waals surface area contributed by atoms with Gasteiger partial charge in [0, 0.05) is 11.5 Å². The quantitative estimate of drug-likeness (QED) is 0.861. The van der Waals surface area contributed by atoms with Gasteiger partial charge in [0.05, 0.1) is 6.61 Å². The van der Waals surface area contributed by atoms with E-state index in [1.165, 1.54) is 0 Å². The van der Waals surface area contributed by atoms with E-state index in [-0.39, 0.29) is 12.4 Å². The average Bonchev–Trinajstić information content (AvgIpc) is 3.09. The Hall–Kier alpha value is -1.43. The van der Waals surface area contributed by atoms with Crippen LogP contribution < -0.4 is 5.90 Å². The van der Waals surface area contributed by atoms with E-state index in [1.54, 1.807) is 0 Å². The molecule has 1 aromatic carbocycles. The van der Waals surface area contributed by atoms with Crippen LogP contribution in [0.1, 0.15) is 30.2 Å². The van der Waals surface area contributed by atoms with Gasteiger partial charge in [0.1, 0.15) is 0 Å². The summed E-state index contributed by atoms with van der Waals surface area (Å²) in [4.78, 5) is 8.95. The normalized spacial score (nSPS) is 14.3. The number of aromatic nitrogens is 2. The second-order valence-electron chi connectivity index (χ2n) is 4.24. The monoisotopic (exact) mass is 267 g/mol. The van der Waals surface area contributed by atoms with Crippen molar-refractivity contribution >= 4 is 12.4 Å². The SMILES string of the molecule is Cl.NOCc1ccc(-c2noc(C3CC3)n2)cc1. The second-order valence-corrected chi connectivity index (χ2v) is 4.24. The highest BCUT2D eigenvalue weighted by Crippen LogP contribution is 2.39. The van der Waals surface area contributed by atoms with E-state index < -0.39 is 0 Å². The lowest BCUT2D eigenvalue weighted by atomic mass is 10.1. The second kappa shape index (κ2) is 5.48. The molecule has 96 valence electrons. The summed E-state index contributed by atoms with van der Waals surface area (Å²) in [7, 11) is 0. The Morgan fingerprint density at radius 1 is 1.28 bits per heavy atom. The molecule has 2 N–H and O–H groups in total. The number of nitrogens with two attached hydrogens (primary N) is 1. The lowest BCUT2D eigenvalue weighted by Crippen LogP contribution is -1.98. The zero-order valence-electron chi connectivity index (χ0n) is 9.70. The van der Waals surface area contributed by atoms with Crippen molar-refractivity contribution in [1.82, 2.24) is 10.1 Å². The smallest absolute Gasteiger partial charge is 0.230 e. The van der Waals surface area contributed by atoms with Crippen molar-refractivity contribution in [2.45, 2.75) is 25.4 Å². The van der Waals surface area contributed by atoms with Crippen LogP contribution in [0.3, 0.4) is 0 Å². The third kappa shape index (κ3) is 2.69. The van der Waals surface area contributed by atoms with Crippen LogP contribution in [0.4, 0.5) is 0 Å². The van der Waals surface area contributed by atoms with Crippen molar-refractivity contribution in [1.29, 1.82) is 0 Å². The van der Waals surface area contributed by atoms with Crippen LogP contribution in [0.2, 0.25) is 0 Å². The molecule has 6 heteroatoms. The number of nitrogens with zero attached hydrogens (tertiary/aromatic N) is 2. The van der Waals surface area contributed by atoms with Crippen molar-refractivity contribution in [3.63, 3.8) is 0 Å². The number of halogens is 1. The van der Waals surface area contributed by atoms with Gasteiger partial charge in [-0.2, -0.15) is 4.98 Å². The van der Waals surface area contributed by atoms with E-state index in [4.69, 9.17) is 10.4 Å². The summed E-state index contributed by atoms with van der Waals surface area (Å²) >= 11 is 0. The van der Waals surface area contributed by atoms with Crippen LogP contribution in [-0.2, 0) is 11.4 Å². The van der Waals surface area contributed by atoms with Crippen molar-refractivity contribution in [3.8, 4) is 11.4 Å². The van der Waals surface area contributed by atoms with Gasteiger partial charge in [-0.15, -0.1) is 12.4 Å². The van der Waals surface area contributed by atoms with Gasteiger partial charge >= 0.3 is 0 Å². The first-order valence-corrected chi connectivity index (χ1v) is 5.61. The Morgan fingerprint density at radius 3 is 2.61 bits per heavy atom. The van der Waals surface area contributed by atoms with Crippen LogP contribution in [0.25, 0.3) is 11.4 Å². The fraction of sp³-hybridized carbons (Fsp3) is 0.333. The first-order chi connectivity index (χ1) is 8.36. The fourth-order valence-electron chi connectivity index (χ4n) is 1.69. The minimum Gasteiger partial charge on any atom is -0.339 e. The highest BCUT2D eigenvalue weighted by atomic mass is 35.5. The minimum absolute atomic E-state index is 0. The first kappa shape index (κ1) is 13.0. The maximum atomic E-state index is 5.21. The Labute approximate surface area is 111 Å². The summed E-state index contributed by atoms with van der Waals surface area (Å²) in [6, 6.07) is 7.76. The molecule has 0 saturated heterocycles. The van der Waals surface area contributed by atoms with Crippen molar-refractivity contribution in [2.24, 2.45) is 5.90 Å². The Balaban J connectivity index is 0.00000120. The Bertz CT molecular complexity index is 508. The predicted octanol–water partition coefficient (Wildman–Crippen LogP) is 2.43. The molecule has 0 aliphatic heterocycles. The van der Waals surface area contributed by atoms with Crippen LogP contribution >= 0.6 is 12.4 Å². The summed E-state index contributed by atoms with van der Waals surface area (Å²) in [6.45, 7) is 0.403. The van der Waals surface area contributed by atoms with Crippen LogP contribution in [0.5, 0.6) is 0 Å². The van der Waals surface area contributed by atoms with Gasteiger partial charge in [-0.25, -0.2) is 5.90 Å². The van der Waals surface area contributed by atoms with Crippen molar-refractivity contribution < 1.29 is 9.36 Å². The van der Waals surface area contributed by atoms with Gasteiger partial charge in [0.2, 0.25) is 11.7 Å². The number of hydrogen-bond acceptors (Lipinski definition) is 5. The third-order valence-electron chi connectivity index (χ3n) is 2.83. The molecule has 18 heavy (non-hydrogen) atoms. The molecule has 1 saturated carbocycles. The average molecular weight is 268 g/mol. The van der Waals surface area contributed by atoms with Gasteiger partial charge in [0.25, 0.3) is 0 Å². The fourth-order valence-corrected chi connectivity index (χ4v) is 1.69. The molecule has 1 heterocycles. The molecular formula is C12H14ClN3O2. The molecule has 0 atom stereocenters. The lowest BCUT2D eigenvalue weighted by Gasteiger charge is -1.99. The highest BCUT2D eigenvalue weighted by Gasteiger charge is 2.29. The molecule has 5 nitrogen and oxygen atoms in total. The van der Waals surface area contributed by atoms with E-state index >= 15 is 0 Å². The summed E-state index contributed by atoms with van der Waals surface area (Å²) in [5.74, 6) is 6.90. The van der Waals surface area contributed by atoms with E-state index in [0.29, 0.717) is 18.3 Å². The predicted molar refractivity (Wildman–Crippen MR) is 67.9 cm³/mol. The van der Waals surface area contributed by atoms with Crippen molar-refractivity contribution in [2.75, 3.05) is 0 Å². The molecule has 2 aromatic rings. The van der Waals surface area contributed by atoms with Crippen LogP contribution in [-0.4, -0.2) is 10.1 Å². The van der Waals surface area contributed by atoms with Crippen LogP contribution in [0, 0.1) is 0 Å². The van der Waals surface area contributed by atoms with E-state index in [0.717, 1.165) is 29.9 Å². The molecule has 0 radical (unpaired) electrons. The van der Waals surface area contributed by atoms with Crippen LogP contribution in [0.15, 0.2) is 28.8 Å². The van der Waals surface area contributed by atoms with Gasteiger partial charge in [-0.3, -0.25) is 4.84 Å². The van der Waals surface area contributed by atoms with E-state index in [1.807, 2.05) is 24.3 Å². The summed E-state index contributed by atoms with van der Waals surface area (Å²) in [5.41, 5.74) is 1.96. The first-order valence-electron chi connectivity index (χ1n) is 5.61. The van der Waals surface area contributed by atoms with Gasteiger partial charge in [0.15, 0.2) is 0 Å². The summed E-state index contributed by atoms with van der Waals surface area (Å²) in [6.07, 6.45) is 2.32. The molecule has 0 spiro atoms. The van der Waals surface area contributed by atoms with E-state index in [9.17, 15) is 0 Å². The molecule has 1 aliphatic rings. The largest absolute Gasteiger partial charge is 0.339 e. The Morgan fingerprint density at radius 2 is 2.00 bits per heavy atom. The zero-order chi connectivity index (χ0) is 11.7. The van der Waals surface area contributed by atoms with Gasteiger partial charge in [-0.05, 0) is 18.4 Å². The molecule has 1 aromatic heterocycles. The van der Waals surface area contributed by atoms with Gasteiger partial charge < -0.3 is 4.52 Å². The number of rotatable bonds is 4. The summed E-state index contributed by atoms with van der Waals surface area (Å²) < 4.78 is 5.21. The highest BCUT2D eigenvalue weighted by molar-refractivity contribution is 5.85. The molecule has 0 unspecified atom stereocenters. The molecule has 1 aliphatic carbocycles. The minimum atomic E-state index is 0. The van der Waals surface area contributed by atoms with Gasteiger partial charge in [-0.1, -0.05) is 29.4 Å². The molecule has 0 bridgehead atoms. The topological polar surface area (TPSA) is 74.2 Å². The molecule has 1 fully saturated rings. The third-order valence-corrected chi connectivity index (χ3v) is 2.83. The molecule has 0 amide bonds. The maximum Gasteiger partial charge on any atom is 0.230 e. The number of benzene rings is 1. The van der Waals surface area contributed by atoms with Crippen molar-refractivity contribution in [3.05, 3.63) is 35.7 Å². The molecule has 3 rings (SSSR count). The standard InChI is InChI=1S/C12H13N3O2.ClH/c13-16-7-8-1-3-9(4-2-8)11-14-12(17-15-11)10-5-6-10;/h1-4,10H,5-7,13H2;1H. The molecular weight excluding hydrogens is 254 g/mol. The summed E-state index contributed by atoms with van der Waals surface area (Å²) in [5, 5.41) is 3.98. The van der Waals surface area contributed by atoms with E-state index in [2.05, 4.69) is 15.0 Å². The Kier molecular flexibility index (Phi) is 3.96. The lowest BCUT2D eigenvalue weighted by molar-refractivity contribution is 0.124. The zero-order valence-corrected chi connectivity index (χ0v) is 10.5.